The van der Waals surface area contributed by atoms with Gasteiger partial charge in [0, 0.05) is 30.7 Å². The van der Waals surface area contributed by atoms with Crippen LogP contribution in [0.1, 0.15) is 32.7 Å². The average Bonchev–Trinajstić information content (AvgIpc) is 2.75. The van der Waals surface area contributed by atoms with Crippen LogP contribution >= 0.6 is 11.8 Å². The van der Waals surface area contributed by atoms with Gasteiger partial charge in [-0.15, -0.1) is 0 Å². The summed E-state index contributed by atoms with van der Waals surface area (Å²) < 4.78 is 2.31. The lowest BCUT2D eigenvalue weighted by molar-refractivity contribution is 0.502. The van der Waals surface area contributed by atoms with Crippen LogP contribution in [0.2, 0.25) is 0 Å². The van der Waals surface area contributed by atoms with Crippen LogP contribution in [0.4, 0.5) is 5.95 Å². The molecule has 0 amide bonds. The molecule has 1 aliphatic rings. The summed E-state index contributed by atoms with van der Waals surface area (Å²) in [6.07, 6.45) is 6.64. The Morgan fingerprint density at radius 1 is 1.62 bits per heavy atom. The Morgan fingerprint density at radius 3 is 3.19 bits per heavy atom. The topological polar surface area (TPSA) is 29.9 Å². The molecule has 3 nitrogen and oxygen atoms in total. The molecular formula is C12H21N3S. The minimum absolute atomic E-state index is 0.635. The van der Waals surface area contributed by atoms with Crippen molar-refractivity contribution in [3.05, 3.63) is 12.4 Å². The highest BCUT2D eigenvalue weighted by atomic mass is 32.2. The Hall–Kier alpha value is -0.640. The minimum atomic E-state index is 0.635. The normalized spacial score (nSPS) is 21.3. The molecule has 0 spiro atoms. The fraction of sp³-hybridized carbons (Fsp3) is 0.750. The number of anilines is 1. The van der Waals surface area contributed by atoms with Crippen LogP contribution in [0.5, 0.6) is 0 Å². The van der Waals surface area contributed by atoms with Crippen molar-refractivity contribution in [3.8, 4) is 0 Å². The molecule has 1 aromatic heterocycles. The third kappa shape index (κ3) is 2.94. The van der Waals surface area contributed by atoms with Crippen molar-refractivity contribution in [2.75, 3.05) is 23.4 Å². The Labute approximate surface area is 102 Å². The summed E-state index contributed by atoms with van der Waals surface area (Å²) in [5, 5.41) is 3.43. The summed E-state index contributed by atoms with van der Waals surface area (Å²) in [5.41, 5.74) is 0. The molecule has 1 aliphatic heterocycles. The molecule has 16 heavy (non-hydrogen) atoms. The molecule has 1 N–H and O–H groups in total. The van der Waals surface area contributed by atoms with Crippen LogP contribution < -0.4 is 5.32 Å². The Balaban J connectivity index is 2.00. The minimum Gasteiger partial charge on any atom is -0.355 e. The zero-order chi connectivity index (χ0) is 11.4. The summed E-state index contributed by atoms with van der Waals surface area (Å²) in [5.74, 6) is 4.25. The van der Waals surface area contributed by atoms with Crippen molar-refractivity contribution in [2.24, 2.45) is 5.92 Å². The number of aromatic nitrogens is 2. The van der Waals surface area contributed by atoms with Crippen LogP contribution in [0.3, 0.4) is 0 Å². The molecule has 2 rings (SSSR count). The van der Waals surface area contributed by atoms with Crippen molar-refractivity contribution >= 4 is 17.7 Å². The third-order valence-electron chi connectivity index (χ3n) is 2.87. The number of imidazole rings is 1. The molecule has 1 unspecified atom stereocenters. The van der Waals surface area contributed by atoms with Gasteiger partial charge in [-0.2, -0.15) is 11.8 Å². The molecule has 0 bridgehead atoms. The van der Waals surface area contributed by atoms with Gasteiger partial charge in [-0.05, 0) is 24.5 Å². The van der Waals surface area contributed by atoms with Crippen molar-refractivity contribution in [1.29, 1.82) is 0 Å². The van der Waals surface area contributed by atoms with E-state index in [1.165, 1.54) is 24.3 Å². The molecule has 0 saturated carbocycles. The smallest absolute Gasteiger partial charge is 0.203 e. The first-order valence-electron chi connectivity index (χ1n) is 6.12. The number of nitrogens with one attached hydrogen (secondary N) is 1. The first-order chi connectivity index (χ1) is 7.77. The molecular weight excluding hydrogens is 218 g/mol. The molecule has 2 heterocycles. The molecule has 4 heteroatoms. The van der Waals surface area contributed by atoms with E-state index in [2.05, 4.69) is 46.7 Å². The molecule has 1 saturated heterocycles. The molecule has 1 atom stereocenters. The second-order valence-electron chi connectivity index (χ2n) is 4.80. The fourth-order valence-electron chi connectivity index (χ4n) is 1.98. The van der Waals surface area contributed by atoms with Gasteiger partial charge >= 0.3 is 0 Å². The number of thioether (sulfide) groups is 1. The predicted octanol–water partition coefficient (Wildman–Crippen LogP) is 3.02. The van der Waals surface area contributed by atoms with Gasteiger partial charge in [-0.3, -0.25) is 0 Å². The highest BCUT2D eigenvalue weighted by molar-refractivity contribution is 7.99. The van der Waals surface area contributed by atoms with Gasteiger partial charge in [0.25, 0.3) is 0 Å². The van der Waals surface area contributed by atoms with Crippen LogP contribution in [0, 0.1) is 5.92 Å². The van der Waals surface area contributed by atoms with Gasteiger partial charge in [-0.1, -0.05) is 13.8 Å². The van der Waals surface area contributed by atoms with Gasteiger partial charge in [0.05, 0.1) is 0 Å². The lowest BCUT2D eigenvalue weighted by Gasteiger charge is -2.24. The molecule has 90 valence electrons. The van der Waals surface area contributed by atoms with E-state index >= 15 is 0 Å². The second kappa shape index (κ2) is 5.62. The third-order valence-corrected chi connectivity index (χ3v) is 4.06. The van der Waals surface area contributed by atoms with E-state index in [1.807, 2.05) is 6.20 Å². The van der Waals surface area contributed by atoms with E-state index in [9.17, 15) is 0 Å². The standard InChI is InChI=1S/C12H21N3S/c1-10(2)8-14-12-13-5-6-15(12)11-4-3-7-16-9-11/h5-6,10-11H,3-4,7-9H2,1-2H3,(H,13,14). The maximum atomic E-state index is 4.41. The maximum absolute atomic E-state index is 4.41. The largest absolute Gasteiger partial charge is 0.355 e. The fourth-order valence-corrected chi connectivity index (χ4v) is 3.12. The SMILES string of the molecule is CC(C)CNc1nccn1C1CCCSC1. The van der Waals surface area contributed by atoms with E-state index in [0.29, 0.717) is 12.0 Å². The molecule has 1 fully saturated rings. The Morgan fingerprint density at radius 2 is 2.50 bits per heavy atom. The first-order valence-corrected chi connectivity index (χ1v) is 7.27. The predicted molar refractivity (Wildman–Crippen MR) is 71.2 cm³/mol. The summed E-state index contributed by atoms with van der Waals surface area (Å²) in [4.78, 5) is 4.41. The van der Waals surface area contributed by atoms with Crippen LogP contribution in [0.15, 0.2) is 12.4 Å². The van der Waals surface area contributed by atoms with Crippen molar-refractivity contribution in [3.63, 3.8) is 0 Å². The maximum Gasteiger partial charge on any atom is 0.203 e. The second-order valence-corrected chi connectivity index (χ2v) is 5.95. The summed E-state index contributed by atoms with van der Waals surface area (Å²) in [7, 11) is 0. The molecule has 1 aromatic rings. The zero-order valence-corrected chi connectivity index (χ0v) is 11.0. The van der Waals surface area contributed by atoms with Gasteiger partial charge in [0.15, 0.2) is 0 Å². The zero-order valence-electron chi connectivity index (χ0n) is 10.1. The molecule has 0 aliphatic carbocycles. The van der Waals surface area contributed by atoms with Gasteiger partial charge in [0.1, 0.15) is 0 Å². The van der Waals surface area contributed by atoms with Crippen LogP contribution in [-0.2, 0) is 0 Å². The number of nitrogens with zero attached hydrogens (tertiary/aromatic N) is 2. The van der Waals surface area contributed by atoms with E-state index in [4.69, 9.17) is 0 Å². The summed E-state index contributed by atoms with van der Waals surface area (Å²) in [6, 6.07) is 0.635. The average molecular weight is 239 g/mol. The van der Waals surface area contributed by atoms with Gasteiger partial charge in [0.2, 0.25) is 5.95 Å². The number of hydrogen-bond acceptors (Lipinski definition) is 3. The summed E-state index contributed by atoms with van der Waals surface area (Å²) in [6.45, 7) is 5.43. The van der Waals surface area contributed by atoms with E-state index < -0.39 is 0 Å². The lowest BCUT2D eigenvalue weighted by Crippen LogP contribution is -2.19. The summed E-state index contributed by atoms with van der Waals surface area (Å²) >= 11 is 2.06. The highest BCUT2D eigenvalue weighted by Gasteiger charge is 2.17. The lowest BCUT2D eigenvalue weighted by atomic mass is 10.2. The Kier molecular flexibility index (Phi) is 4.16. The van der Waals surface area contributed by atoms with Crippen LogP contribution in [-0.4, -0.2) is 27.6 Å². The quantitative estimate of drug-likeness (QED) is 0.876. The van der Waals surface area contributed by atoms with Crippen molar-refractivity contribution in [2.45, 2.75) is 32.7 Å². The first kappa shape index (κ1) is 11.8. The van der Waals surface area contributed by atoms with Crippen molar-refractivity contribution < 1.29 is 0 Å². The van der Waals surface area contributed by atoms with Crippen molar-refractivity contribution in [1.82, 2.24) is 9.55 Å². The van der Waals surface area contributed by atoms with E-state index in [0.717, 1.165) is 12.5 Å². The number of hydrogen-bond donors (Lipinski definition) is 1. The van der Waals surface area contributed by atoms with Gasteiger partial charge < -0.3 is 9.88 Å². The van der Waals surface area contributed by atoms with Gasteiger partial charge in [-0.25, -0.2) is 4.98 Å². The highest BCUT2D eigenvalue weighted by Crippen LogP contribution is 2.28. The molecule has 0 radical (unpaired) electrons. The monoisotopic (exact) mass is 239 g/mol. The number of rotatable bonds is 4. The van der Waals surface area contributed by atoms with Crippen LogP contribution in [0.25, 0.3) is 0 Å². The Bertz CT molecular complexity index is 316. The van der Waals surface area contributed by atoms with E-state index in [1.54, 1.807) is 0 Å². The van der Waals surface area contributed by atoms with E-state index in [-0.39, 0.29) is 0 Å². The molecule has 0 aromatic carbocycles.